The van der Waals surface area contributed by atoms with Gasteiger partial charge in [-0.05, 0) is 0 Å². The summed E-state index contributed by atoms with van der Waals surface area (Å²) in [6, 6.07) is 0. The van der Waals surface area contributed by atoms with Gasteiger partial charge in [0.2, 0.25) is 0 Å². The number of carbonyl (C=O) groups is 1. The minimum Gasteiger partial charge on any atom is -0.383 e. The van der Waals surface area contributed by atoms with Crippen LogP contribution >= 0.6 is 11.3 Å². The van der Waals surface area contributed by atoms with Crippen molar-refractivity contribution in [2.45, 2.75) is 20.4 Å². The van der Waals surface area contributed by atoms with Crippen LogP contribution in [-0.4, -0.2) is 39.0 Å². The summed E-state index contributed by atoms with van der Waals surface area (Å²) in [5, 5.41) is 8.39. The van der Waals surface area contributed by atoms with Gasteiger partial charge in [-0.2, -0.15) is 10.2 Å². The molecule has 0 aliphatic carbocycles. The number of aromatic nitrogens is 4. The minimum absolute atomic E-state index is 0.438. The number of thiazole rings is 1. The van der Waals surface area contributed by atoms with Crippen LogP contribution in [0.1, 0.15) is 24.2 Å². The first-order valence-electron chi connectivity index (χ1n) is 6.98. The number of methoxy groups -OCH3 is 1. The number of primary amides is 1. The predicted octanol–water partition coefficient (Wildman–Crippen LogP) is 2.03. The molecule has 3 heterocycles. The number of nitrogens with zero attached hydrogens (tertiary/aromatic N) is 4. The third-order valence-electron chi connectivity index (χ3n) is 2.90. The monoisotopic (exact) mass is 321 g/mol. The molecule has 1 amide bonds. The van der Waals surface area contributed by atoms with E-state index in [0.29, 0.717) is 18.7 Å². The summed E-state index contributed by atoms with van der Waals surface area (Å²) in [4.78, 5) is 13.0. The first kappa shape index (κ1) is 16.2. The molecule has 0 fully saturated rings. The summed E-state index contributed by atoms with van der Waals surface area (Å²) in [7, 11) is 1.66. The van der Waals surface area contributed by atoms with E-state index in [2.05, 4.69) is 10.2 Å². The molecule has 3 aromatic heterocycles. The lowest BCUT2D eigenvalue weighted by Gasteiger charge is -1.97. The molecular formula is C14H19N5O2S. The van der Waals surface area contributed by atoms with Crippen molar-refractivity contribution in [1.29, 1.82) is 0 Å². The second-order valence-electron chi connectivity index (χ2n) is 4.25. The van der Waals surface area contributed by atoms with E-state index in [-0.39, 0.29) is 0 Å². The number of rotatable bonds is 5. The lowest BCUT2D eigenvalue weighted by Crippen LogP contribution is -2.09. The molecule has 118 valence electrons. The van der Waals surface area contributed by atoms with Gasteiger partial charge in [0.15, 0.2) is 0 Å². The Morgan fingerprint density at radius 2 is 2.09 bits per heavy atom. The number of hydrogen-bond donors (Lipinski definition) is 1. The van der Waals surface area contributed by atoms with E-state index in [1.165, 1.54) is 17.5 Å². The molecule has 0 spiro atoms. The number of ether oxygens (including phenoxy) is 1. The van der Waals surface area contributed by atoms with Crippen LogP contribution in [0, 0.1) is 0 Å². The van der Waals surface area contributed by atoms with Gasteiger partial charge in [0.25, 0.3) is 5.91 Å². The highest BCUT2D eigenvalue weighted by Gasteiger charge is 2.14. The van der Waals surface area contributed by atoms with E-state index in [9.17, 15) is 4.79 Å². The van der Waals surface area contributed by atoms with E-state index in [0.717, 1.165) is 15.3 Å². The van der Waals surface area contributed by atoms with Crippen molar-refractivity contribution >= 4 is 22.1 Å². The van der Waals surface area contributed by atoms with Crippen LogP contribution in [-0.2, 0) is 11.3 Å². The lowest BCUT2D eigenvalue weighted by molar-refractivity contribution is 0.100. The first-order chi connectivity index (χ1) is 10.7. The normalized spacial score (nSPS) is 10.5. The number of carbonyl (C=O) groups excluding carboxylic acids is 1. The summed E-state index contributed by atoms with van der Waals surface area (Å²) >= 11 is 1.46. The van der Waals surface area contributed by atoms with Crippen LogP contribution in [0.25, 0.3) is 15.3 Å². The molecule has 7 nitrogen and oxygen atoms in total. The molecule has 0 saturated carbocycles. The van der Waals surface area contributed by atoms with Crippen molar-refractivity contribution in [2.24, 2.45) is 5.73 Å². The van der Waals surface area contributed by atoms with Gasteiger partial charge in [-0.15, -0.1) is 11.3 Å². The molecule has 22 heavy (non-hydrogen) atoms. The summed E-state index contributed by atoms with van der Waals surface area (Å²) in [5.74, 6) is -0.468. The topological polar surface area (TPSA) is 87.4 Å². The smallest absolute Gasteiger partial charge is 0.253 e. The maximum Gasteiger partial charge on any atom is 0.253 e. The summed E-state index contributed by atoms with van der Waals surface area (Å²) in [6.45, 7) is 5.31. The standard InChI is InChI=1S/C12H13N5O2S.C2H6/c1-19-3-2-16-6-8(4-14-16)10-7-17-12(20-10)9(5-15-17)11(13)18;1-2/h4-7H,2-3H2,1H3,(H2,13,18);1-2H3. The molecule has 0 saturated heterocycles. The highest BCUT2D eigenvalue weighted by Crippen LogP contribution is 2.29. The molecule has 0 aliphatic rings. The molecule has 0 aliphatic heterocycles. The molecule has 0 aromatic carbocycles. The lowest BCUT2D eigenvalue weighted by atomic mass is 10.3. The van der Waals surface area contributed by atoms with Gasteiger partial charge in [0.1, 0.15) is 4.83 Å². The SMILES string of the molecule is CC.COCCn1cc(-c2cn3ncc(C(N)=O)c3s2)cn1. The minimum atomic E-state index is -0.468. The van der Waals surface area contributed by atoms with Crippen LogP contribution in [0.15, 0.2) is 24.8 Å². The third-order valence-corrected chi connectivity index (χ3v) is 4.06. The second kappa shape index (κ2) is 7.19. The van der Waals surface area contributed by atoms with Gasteiger partial charge < -0.3 is 10.5 Å². The highest BCUT2D eigenvalue weighted by molar-refractivity contribution is 7.21. The fourth-order valence-electron chi connectivity index (χ4n) is 1.89. The molecule has 0 bridgehead atoms. The van der Waals surface area contributed by atoms with Crippen LogP contribution in [0.4, 0.5) is 0 Å². The molecule has 3 rings (SSSR count). The number of hydrogen-bond acceptors (Lipinski definition) is 5. The Bertz CT molecular complexity index is 758. The molecule has 8 heteroatoms. The molecule has 3 aromatic rings. The van der Waals surface area contributed by atoms with Gasteiger partial charge in [-0.3, -0.25) is 9.48 Å². The Labute approximate surface area is 132 Å². The van der Waals surface area contributed by atoms with Gasteiger partial charge in [0.05, 0.1) is 36.0 Å². The van der Waals surface area contributed by atoms with Crippen LogP contribution in [0.3, 0.4) is 0 Å². The molecule has 0 radical (unpaired) electrons. The van der Waals surface area contributed by atoms with Crippen LogP contribution in [0.5, 0.6) is 0 Å². The number of fused-ring (bicyclic) bond motifs is 1. The van der Waals surface area contributed by atoms with Crippen molar-refractivity contribution in [1.82, 2.24) is 19.4 Å². The molecule has 2 N–H and O–H groups in total. The van der Waals surface area contributed by atoms with Crippen molar-refractivity contribution in [2.75, 3.05) is 13.7 Å². The first-order valence-corrected chi connectivity index (χ1v) is 7.79. The Balaban J connectivity index is 0.000000847. The van der Waals surface area contributed by atoms with Gasteiger partial charge in [-0.25, -0.2) is 4.52 Å². The zero-order valence-electron chi connectivity index (χ0n) is 12.8. The van der Waals surface area contributed by atoms with Gasteiger partial charge in [0, 0.05) is 25.1 Å². The Morgan fingerprint density at radius 1 is 1.32 bits per heavy atom. The fraction of sp³-hybridized carbons (Fsp3) is 0.357. The van der Waals surface area contributed by atoms with Crippen LogP contribution < -0.4 is 5.73 Å². The van der Waals surface area contributed by atoms with Crippen LogP contribution in [0.2, 0.25) is 0 Å². The number of nitrogens with two attached hydrogens (primary N) is 1. The Hall–Kier alpha value is -2.19. The largest absolute Gasteiger partial charge is 0.383 e. The Morgan fingerprint density at radius 3 is 2.77 bits per heavy atom. The molecular weight excluding hydrogens is 302 g/mol. The van der Waals surface area contributed by atoms with E-state index < -0.39 is 5.91 Å². The van der Waals surface area contributed by atoms with Crippen molar-refractivity contribution in [3.8, 4) is 10.4 Å². The zero-order valence-corrected chi connectivity index (χ0v) is 13.6. The zero-order chi connectivity index (χ0) is 16.1. The summed E-state index contributed by atoms with van der Waals surface area (Å²) < 4.78 is 8.49. The quantitative estimate of drug-likeness (QED) is 0.779. The van der Waals surface area contributed by atoms with E-state index in [1.54, 1.807) is 17.8 Å². The molecule has 0 atom stereocenters. The van der Waals surface area contributed by atoms with E-state index >= 15 is 0 Å². The third kappa shape index (κ3) is 3.18. The average Bonchev–Trinajstić information content (AvgIpc) is 3.21. The maximum absolute atomic E-state index is 11.3. The predicted molar refractivity (Wildman–Crippen MR) is 86.0 cm³/mol. The maximum atomic E-state index is 11.3. The van der Waals surface area contributed by atoms with Crippen molar-refractivity contribution < 1.29 is 9.53 Å². The highest BCUT2D eigenvalue weighted by atomic mass is 32.1. The molecule has 0 unspecified atom stereocenters. The van der Waals surface area contributed by atoms with E-state index in [1.807, 2.05) is 30.9 Å². The van der Waals surface area contributed by atoms with Crippen molar-refractivity contribution in [3.05, 3.63) is 30.4 Å². The van der Waals surface area contributed by atoms with Gasteiger partial charge in [-0.1, -0.05) is 13.8 Å². The van der Waals surface area contributed by atoms with Crippen molar-refractivity contribution in [3.63, 3.8) is 0 Å². The Kier molecular flexibility index (Phi) is 5.29. The second-order valence-corrected chi connectivity index (χ2v) is 5.28. The average molecular weight is 321 g/mol. The van der Waals surface area contributed by atoms with Gasteiger partial charge >= 0.3 is 0 Å². The fourth-order valence-corrected chi connectivity index (χ4v) is 2.93. The van der Waals surface area contributed by atoms with E-state index in [4.69, 9.17) is 10.5 Å². The summed E-state index contributed by atoms with van der Waals surface area (Å²) in [6.07, 6.45) is 7.07. The number of amides is 1. The summed E-state index contributed by atoms with van der Waals surface area (Å²) in [5.41, 5.74) is 6.73.